The summed E-state index contributed by atoms with van der Waals surface area (Å²) in [5.74, 6) is 1.24. The first-order valence-electron chi connectivity index (χ1n) is 9.33. The predicted octanol–water partition coefficient (Wildman–Crippen LogP) is 3.50. The van der Waals surface area contributed by atoms with Gasteiger partial charge in [-0.15, -0.1) is 0 Å². The van der Waals surface area contributed by atoms with Gasteiger partial charge in [-0.2, -0.15) is 5.10 Å². The number of para-hydroxylation sites is 1. The van der Waals surface area contributed by atoms with Gasteiger partial charge in [0.1, 0.15) is 0 Å². The SMILES string of the molecule is Cc1ccccc1N=C1NN=C(c2cc(C)n([C@@H]3CCS(=O)(=O)C3)c2C)CS1. The van der Waals surface area contributed by atoms with Crippen molar-refractivity contribution < 1.29 is 8.42 Å². The van der Waals surface area contributed by atoms with E-state index in [1.54, 1.807) is 11.8 Å². The highest BCUT2D eigenvalue weighted by atomic mass is 32.2. The molecule has 28 heavy (non-hydrogen) atoms. The normalized spacial score (nSPS) is 22.9. The number of amidine groups is 1. The lowest BCUT2D eigenvalue weighted by Crippen LogP contribution is -2.25. The van der Waals surface area contributed by atoms with Gasteiger partial charge in [-0.25, -0.2) is 13.4 Å². The summed E-state index contributed by atoms with van der Waals surface area (Å²) in [4.78, 5) is 4.66. The molecule has 0 aliphatic carbocycles. The van der Waals surface area contributed by atoms with Crippen LogP contribution in [0.5, 0.6) is 0 Å². The highest BCUT2D eigenvalue weighted by Crippen LogP contribution is 2.30. The van der Waals surface area contributed by atoms with E-state index in [0.717, 1.165) is 44.8 Å². The van der Waals surface area contributed by atoms with Crippen molar-refractivity contribution in [2.45, 2.75) is 33.2 Å². The summed E-state index contributed by atoms with van der Waals surface area (Å²) >= 11 is 1.63. The molecule has 1 fully saturated rings. The summed E-state index contributed by atoms with van der Waals surface area (Å²) < 4.78 is 26.0. The Morgan fingerprint density at radius 3 is 2.68 bits per heavy atom. The third kappa shape index (κ3) is 3.75. The van der Waals surface area contributed by atoms with E-state index in [1.807, 2.05) is 38.1 Å². The standard InChI is InChI=1S/C20H24N4O2S2/c1-13-6-4-5-7-18(13)21-20-23-22-19(11-27-20)17-10-14(2)24(15(17)3)16-8-9-28(25,26)12-16/h4-7,10,16H,8-9,11-12H2,1-3H3,(H,21,23)/t16-/m1/s1. The second-order valence-corrected chi connectivity index (χ2v) is 10.6. The van der Waals surface area contributed by atoms with Crippen LogP contribution in [-0.4, -0.2) is 41.1 Å². The van der Waals surface area contributed by atoms with Gasteiger partial charge in [0.2, 0.25) is 0 Å². The number of thioether (sulfide) groups is 1. The Hall–Kier alpha value is -2.06. The summed E-state index contributed by atoms with van der Waals surface area (Å²) in [5, 5.41) is 5.35. The molecule has 0 amide bonds. The lowest BCUT2D eigenvalue weighted by atomic mass is 10.1. The Bertz CT molecular complexity index is 1080. The molecule has 0 spiro atoms. The smallest absolute Gasteiger partial charge is 0.182 e. The fourth-order valence-corrected chi connectivity index (χ4v) is 6.39. The largest absolute Gasteiger partial charge is 0.344 e. The van der Waals surface area contributed by atoms with Crippen LogP contribution >= 0.6 is 11.8 Å². The number of benzene rings is 1. The van der Waals surface area contributed by atoms with Crippen molar-refractivity contribution in [2.75, 3.05) is 17.3 Å². The van der Waals surface area contributed by atoms with Crippen LogP contribution in [0.25, 0.3) is 0 Å². The zero-order chi connectivity index (χ0) is 19.9. The Labute approximate surface area is 170 Å². The van der Waals surface area contributed by atoms with Crippen LogP contribution < -0.4 is 5.43 Å². The van der Waals surface area contributed by atoms with Crippen molar-refractivity contribution in [2.24, 2.45) is 10.1 Å². The fraction of sp³-hybridized carbons (Fsp3) is 0.400. The summed E-state index contributed by atoms with van der Waals surface area (Å²) in [6.45, 7) is 6.13. The first-order valence-corrected chi connectivity index (χ1v) is 12.1. The van der Waals surface area contributed by atoms with Crippen LogP contribution in [0.4, 0.5) is 5.69 Å². The molecular weight excluding hydrogens is 392 g/mol. The Morgan fingerprint density at radius 1 is 1.25 bits per heavy atom. The maximum absolute atomic E-state index is 11.9. The van der Waals surface area contributed by atoms with Crippen LogP contribution in [-0.2, 0) is 9.84 Å². The van der Waals surface area contributed by atoms with Crippen molar-refractivity contribution in [1.82, 2.24) is 9.99 Å². The van der Waals surface area contributed by atoms with Crippen LogP contribution in [0.1, 0.15) is 35.0 Å². The first kappa shape index (κ1) is 19.3. The van der Waals surface area contributed by atoms with E-state index < -0.39 is 9.84 Å². The molecule has 0 unspecified atom stereocenters. The van der Waals surface area contributed by atoms with Gasteiger partial charge in [0.15, 0.2) is 15.0 Å². The number of rotatable bonds is 3. The number of aliphatic imine (C=N–C) groups is 1. The maximum atomic E-state index is 11.9. The van der Waals surface area contributed by atoms with Gasteiger partial charge in [-0.3, -0.25) is 5.43 Å². The van der Waals surface area contributed by atoms with E-state index in [1.165, 1.54) is 0 Å². The third-order valence-electron chi connectivity index (χ3n) is 5.34. The molecule has 8 heteroatoms. The number of hydrogen-bond acceptors (Lipinski definition) is 5. The molecule has 0 bridgehead atoms. The molecule has 1 aromatic heterocycles. The minimum atomic E-state index is -2.92. The van der Waals surface area contributed by atoms with Crippen molar-refractivity contribution >= 4 is 38.2 Å². The minimum absolute atomic E-state index is 0.0294. The van der Waals surface area contributed by atoms with Gasteiger partial charge in [-0.05, 0) is 44.9 Å². The maximum Gasteiger partial charge on any atom is 0.182 e. The second kappa shape index (κ2) is 7.40. The number of nitrogens with zero attached hydrogens (tertiary/aromatic N) is 3. The fourth-order valence-electron chi connectivity index (χ4n) is 3.92. The topological polar surface area (TPSA) is 75.8 Å². The summed E-state index contributed by atoms with van der Waals surface area (Å²) in [6, 6.07) is 10.2. The van der Waals surface area contributed by atoms with E-state index in [0.29, 0.717) is 6.42 Å². The average molecular weight is 417 g/mol. The molecule has 1 atom stereocenters. The Morgan fingerprint density at radius 2 is 2.04 bits per heavy atom. The third-order valence-corrected chi connectivity index (χ3v) is 7.96. The highest BCUT2D eigenvalue weighted by Gasteiger charge is 2.31. The van der Waals surface area contributed by atoms with Crippen molar-refractivity contribution in [3.63, 3.8) is 0 Å². The van der Waals surface area contributed by atoms with E-state index in [4.69, 9.17) is 0 Å². The second-order valence-electron chi connectivity index (χ2n) is 7.37. The monoisotopic (exact) mass is 416 g/mol. The first-order chi connectivity index (χ1) is 13.3. The molecule has 0 saturated carbocycles. The molecule has 1 aromatic carbocycles. The number of hydrogen-bond donors (Lipinski definition) is 1. The van der Waals surface area contributed by atoms with Gasteiger partial charge < -0.3 is 4.57 Å². The lowest BCUT2D eigenvalue weighted by molar-refractivity contribution is 0.535. The van der Waals surface area contributed by atoms with Crippen molar-refractivity contribution in [1.29, 1.82) is 0 Å². The van der Waals surface area contributed by atoms with Gasteiger partial charge >= 0.3 is 0 Å². The van der Waals surface area contributed by atoms with Crippen molar-refractivity contribution in [3.8, 4) is 0 Å². The number of sulfone groups is 1. The van der Waals surface area contributed by atoms with Gasteiger partial charge in [0, 0.05) is 28.7 Å². The van der Waals surface area contributed by atoms with E-state index >= 15 is 0 Å². The number of aryl methyl sites for hydroxylation is 2. The molecular formula is C20H24N4O2S2. The molecule has 4 rings (SSSR count). The predicted molar refractivity (Wildman–Crippen MR) is 117 cm³/mol. The van der Waals surface area contributed by atoms with E-state index in [2.05, 4.69) is 33.1 Å². The Balaban J connectivity index is 1.57. The number of hydrazone groups is 1. The molecule has 3 heterocycles. The van der Waals surface area contributed by atoms with E-state index in [9.17, 15) is 8.42 Å². The van der Waals surface area contributed by atoms with Crippen LogP contribution in [0.15, 0.2) is 40.4 Å². The molecule has 1 saturated heterocycles. The zero-order valence-electron chi connectivity index (χ0n) is 16.3. The summed E-state index contributed by atoms with van der Waals surface area (Å²) in [5.41, 5.74) is 9.36. The number of aromatic nitrogens is 1. The minimum Gasteiger partial charge on any atom is -0.344 e. The number of nitrogens with one attached hydrogen (secondary N) is 1. The summed E-state index contributed by atoms with van der Waals surface area (Å²) in [7, 11) is -2.92. The van der Waals surface area contributed by atoms with Crippen LogP contribution in [0, 0.1) is 20.8 Å². The summed E-state index contributed by atoms with van der Waals surface area (Å²) in [6.07, 6.45) is 0.685. The Kier molecular flexibility index (Phi) is 5.09. The molecule has 6 nitrogen and oxygen atoms in total. The molecule has 2 aliphatic rings. The molecule has 1 N–H and O–H groups in total. The van der Waals surface area contributed by atoms with Gasteiger partial charge in [-0.1, -0.05) is 30.0 Å². The van der Waals surface area contributed by atoms with Crippen LogP contribution in [0.3, 0.4) is 0 Å². The highest BCUT2D eigenvalue weighted by molar-refractivity contribution is 8.14. The molecule has 2 aliphatic heterocycles. The van der Waals surface area contributed by atoms with Crippen LogP contribution in [0.2, 0.25) is 0 Å². The quantitative estimate of drug-likeness (QED) is 0.831. The molecule has 148 valence electrons. The van der Waals surface area contributed by atoms with Gasteiger partial charge in [0.05, 0.1) is 22.9 Å². The lowest BCUT2D eigenvalue weighted by Gasteiger charge is -2.18. The van der Waals surface area contributed by atoms with Crippen molar-refractivity contribution in [3.05, 3.63) is 52.8 Å². The van der Waals surface area contributed by atoms with E-state index in [-0.39, 0.29) is 17.5 Å². The molecule has 2 aromatic rings. The van der Waals surface area contributed by atoms with Gasteiger partial charge in [0.25, 0.3) is 0 Å². The molecule has 0 radical (unpaired) electrons. The zero-order valence-corrected chi connectivity index (χ0v) is 17.9. The average Bonchev–Trinajstić information content (AvgIpc) is 3.16.